The topological polar surface area (TPSA) is 85.4 Å². The standard InChI is InChI=1S/C31H37N5O4S/c1-21(2)34-20-29(37)35-27(15-16-41-4)30(38)33(18-24-7-5-22(3)6-8-24)19-28(35)36(34)31(39)32-17-23-9-11-25(12-10-23)40-26-13-14-26/h5-13,27-28H,1,14-20H2,2-4H3,(H,32,39)/t27-,28-/m0/s1. The van der Waals surface area contributed by atoms with Crippen LogP contribution in [0.2, 0.25) is 0 Å². The van der Waals surface area contributed by atoms with Gasteiger partial charge in [-0.15, -0.1) is 0 Å². The van der Waals surface area contributed by atoms with E-state index in [2.05, 4.69) is 11.9 Å². The number of ether oxygens (including phenoxy) is 1. The molecule has 2 aromatic carbocycles. The fourth-order valence-corrected chi connectivity index (χ4v) is 5.68. The number of piperazine rings is 1. The van der Waals surface area contributed by atoms with Crippen LogP contribution in [0.1, 0.15) is 36.5 Å². The van der Waals surface area contributed by atoms with Crippen LogP contribution in [0.5, 0.6) is 5.75 Å². The van der Waals surface area contributed by atoms with E-state index in [4.69, 9.17) is 4.74 Å². The van der Waals surface area contributed by atoms with Crippen molar-refractivity contribution >= 4 is 29.6 Å². The number of hydrogen-bond acceptors (Lipinski definition) is 6. The number of thioether (sulfide) groups is 1. The van der Waals surface area contributed by atoms with Crippen molar-refractivity contribution in [2.75, 3.05) is 25.1 Å². The van der Waals surface area contributed by atoms with Crippen molar-refractivity contribution in [3.63, 3.8) is 0 Å². The number of fused-ring (bicyclic) bond motifs is 1. The third-order valence-electron chi connectivity index (χ3n) is 7.48. The molecule has 1 aliphatic carbocycles. The van der Waals surface area contributed by atoms with E-state index in [9.17, 15) is 14.4 Å². The number of urea groups is 1. The Morgan fingerprint density at radius 3 is 2.41 bits per heavy atom. The Balaban J connectivity index is 1.38. The van der Waals surface area contributed by atoms with Crippen molar-refractivity contribution < 1.29 is 19.1 Å². The maximum Gasteiger partial charge on any atom is 0.338 e. The predicted molar refractivity (Wildman–Crippen MR) is 159 cm³/mol. The van der Waals surface area contributed by atoms with Gasteiger partial charge in [-0.05, 0) is 61.6 Å². The Kier molecular flexibility index (Phi) is 8.58. The largest absolute Gasteiger partial charge is 0.462 e. The molecule has 41 heavy (non-hydrogen) atoms. The molecule has 0 unspecified atom stereocenters. The molecule has 0 radical (unpaired) electrons. The highest BCUT2D eigenvalue weighted by atomic mass is 32.2. The van der Waals surface area contributed by atoms with Crippen LogP contribution >= 0.6 is 11.8 Å². The lowest BCUT2D eigenvalue weighted by Crippen LogP contribution is -2.76. The summed E-state index contributed by atoms with van der Waals surface area (Å²) in [6.07, 6.45) is 4.74. The predicted octanol–water partition coefficient (Wildman–Crippen LogP) is 4.26. The number of nitrogens with one attached hydrogen (secondary N) is 1. The van der Waals surface area contributed by atoms with Gasteiger partial charge in [0, 0.05) is 25.2 Å². The number of benzene rings is 2. The van der Waals surface area contributed by atoms with Gasteiger partial charge in [0.05, 0.1) is 6.54 Å². The second kappa shape index (κ2) is 12.3. The third-order valence-corrected chi connectivity index (χ3v) is 8.12. The van der Waals surface area contributed by atoms with E-state index in [1.807, 2.05) is 67.8 Å². The normalized spacial score (nSPS) is 20.0. The molecule has 2 saturated heterocycles. The van der Waals surface area contributed by atoms with Gasteiger partial charge < -0.3 is 19.9 Å². The lowest BCUT2D eigenvalue weighted by atomic mass is 10.0. The molecule has 2 fully saturated rings. The summed E-state index contributed by atoms with van der Waals surface area (Å²) in [4.78, 5) is 44.5. The minimum absolute atomic E-state index is 0.0534. The van der Waals surface area contributed by atoms with Crippen LogP contribution in [0.15, 0.2) is 72.6 Å². The van der Waals surface area contributed by atoms with Crippen LogP contribution in [-0.4, -0.2) is 75.0 Å². The zero-order valence-corrected chi connectivity index (χ0v) is 24.7. The smallest absolute Gasteiger partial charge is 0.338 e. The van der Waals surface area contributed by atoms with Crippen LogP contribution in [-0.2, 0) is 22.7 Å². The quantitative estimate of drug-likeness (QED) is 0.456. The molecule has 3 aliphatic rings. The maximum absolute atomic E-state index is 13.8. The first kappa shape index (κ1) is 28.6. The molecule has 0 aromatic heterocycles. The number of aryl methyl sites for hydroxylation is 1. The Morgan fingerprint density at radius 1 is 1.10 bits per heavy atom. The molecule has 1 N–H and O–H groups in total. The molecule has 2 atom stereocenters. The van der Waals surface area contributed by atoms with Crippen LogP contribution in [0, 0.1) is 6.92 Å². The molecule has 0 spiro atoms. The van der Waals surface area contributed by atoms with E-state index < -0.39 is 12.2 Å². The lowest BCUT2D eigenvalue weighted by Gasteiger charge is -2.55. The second-order valence-corrected chi connectivity index (χ2v) is 11.7. The van der Waals surface area contributed by atoms with Crippen LogP contribution in [0.4, 0.5) is 4.79 Å². The molecule has 9 nitrogen and oxygen atoms in total. The molecule has 4 amide bonds. The van der Waals surface area contributed by atoms with E-state index in [1.54, 1.807) is 38.5 Å². The number of carbonyl (C=O) groups excluding carboxylic acids is 3. The Labute approximate surface area is 245 Å². The molecular formula is C31H37N5O4S. The number of hydrogen-bond donors (Lipinski definition) is 1. The molecule has 2 heterocycles. The third kappa shape index (κ3) is 6.53. The van der Waals surface area contributed by atoms with E-state index in [-0.39, 0.29) is 30.9 Å². The van der Waals surface area contributed by atoms with Gasteiger partial charge in [0.1, 0.15) is 30.3 Å². The summed E-state index contributed by atoms with van der Waals surface area (Å²) in [6, 6.07) is 14.7. The molecule has 0 bridgehead atoms. The van der Waals surface area contributed by atoms with Crippen molar-refractivity contribution in [2.24, 2.45) is 0 Å². The molecular weight excluding hydrogens is 538 g/mol. The summed E-state index contributed by atoms with van der Waals surface area (Å²) < 4.78 is 5.69. The van der Waals surface area contributed by atoms with Gasteiger partial charge in [-0.3, -0.25) is 14.6 Å². The highest BCUT2D eigenvalue weighted by Crippen LogP contribution is 2.31. The van der Waals surface area contributed by atoms with Crippen molar-refractivity contribution in [3.8, 4) is 5.75 Å². The first-order valence-electron chi connectivity index (χ1n) is 13.9. The van der Waals surface area contributed by atoms with Crippen molar-refractivity contribution in [3.05, 3.63) is 89.3 Å². The lowest BCUT2D eigenvalue weighted by molar-refractivity contribution is -0.186. The highest BCUT2D eigenvalue weighted by Gasteiger charge is 2.51. The summed E-state index contributed by atoms with van der Waals surface area (Å²) in [5.74, 6) is 2.18. The Morgan fingerprint density at radius 2 is 1.78 bits per heavy atom. The van der Waals surface area contributed by atoms with Gasteiger partial charge in [0.15, 0.2) is 0 Å². The van der Waals surface area contributed by atoms with E-state index >= 15 is 0 Å². The minimum atomic E-state index is -0.662. The zero-order valence-electron chi connectivity index (χ0n) is 23.8. The molecule has 10 heteroatoms. The molecule has 2 aromatic rings. The van der Waals surface area contributed by atoms with Crippen LogP contribution in [0.25, 0.3) is 0 Å². The SMILES string of the molecule is C=C(C)N1CC(=O)N2[C@@H](CCSC)C(=O)N(Cc3ccc(C)cc3)C[C@@H]2N1C(=O)NCc1ccc(OC2=CC2)cc1. The van der Waals surface area contributed by atoms with Gasteiger partial charge in [0.25, 0.3) is 0 Å². The monoisotopic (exact) mass is 575 g/mol. The fourth-order valence-electron chi connectivity index (χ4n) is 5.22. The zero-order chi connectivity index (χ0) is 29.1. The average molecular weight is 576 g/mol. The summed E-state index contributed by atoms with van der Waals surface area (Å²) >= 11 is 1.63. The van der Waals surface area contributed by atoms with Crippen molar-refractivity contribution in [1.29, 1.82) is 0 Å². The maximum atomic E-state index is 13.8. The molecule has 216 valence electrons. The fraction of sp³-hybridized carbons (Fsp3) is 0.387. The van der Waals surface area contributed by atoms with Gasteiger partial charge in [-0.25, -0.2) is 9.80 Å². The average Bonchev–Trinajstić information content (AvgIpc) is 3.77. The van der Waals surface area contributed by atoms with Gasteiger partial charge in [0.2, 0.25) is 11.8 Å². The number of carbonyl (C=O) groups is 3. The van der Waals surface area contributed by atoms with E-state index in [0.717, 1.165) is 40.4 Å². The minimum Gasteiger partial charge on any atom is -0.462 e. The van der Waals surface area contributed by atoms with Crippen molar-refractivity contribution in [2.45, 2.75) is 52.0 Å². The van der Waals surface area contributed by atoms with Gasteiger partial charge in [-0.2, -0.15) is 11.8 Å². The number of rotatable bonds is 10. The van der Waals surface area contributed by atoms with E-state index in [1.165, 1.54) is 0 Å². The summed E-state index contributed by atoms with van der Waals surface area (Å²) in [5.41, 5.74) is 3.64. The second-order valence-electron chi connectivity index (χ2n) is 10.7. The summed E-state index contributed by atoms with van der Waals surface area (Å²) in [7, 11) is 0. The number of hydrazine groups is 1. The Bertz CT molecular complexity index is 1340. The van der Waals surface area contributed by atoms with Gasteiger partial charge >= 0.3 is 6.03 Å². The van der Waals surface area contributed by atoms with Gasteiger partial charge in [-0.1, -0.05) is 48.5 Å². The first-order valence-corrected chi connectivity index (χ1v) is 15.2. The highest BCUT2D eigenvalue weighted by molar-refractivity contribution is 7.98. The summed E-state index contributed by atoms with van der Waals surface area (Å²) in [6.45, 7) is 8.70. The first-order chi connectivity index (χ1) is 19.7. The van der Waals surface area contributed by atoms with Crippen LogP contribution < -0.4 is 10.1 Å². The molecule has 2 aliphatic heterocycles. The molecule has 0 saturated carbocycles. The number of amides is 4. The summed E-state index contributed by atoms with van der Waals surface area (Å²) in [5, 5.41) is 6.22. The van der Waals surface area contributed by atoms with E-state index in [0.29, 0.717) is 25.2 Å². The van der Waals surface area contributed by atoms with Crippen molar-refractivity contribution in [1.82, 2.24) is 25.1 Å². The number of nitrogens with zero attached hydrogens (tertiary/aromatic N) is 4. The number of allylic oxidation sites excluding steroid dienone is 3. The van der Waals surface area contributed by atoms with Crippen LogP contribution in [0.3, 0.4) is 0 Å². The Hall–Kier alpha value is -3.92. The molecule has 5 rings (SSSR count).